The van der Waals surface area contributed by atoms with Crippen molar-refractivity contribution >= 4 is 29.0 Å². The van der Waals surface area contributed by atoms with E-state index in [4.69, 9.17) is 0 Å². The van der Waals surface area contributed by atoms with Gasteiger partial charge in [-0.25, -0.2) is 9.37 Å². The second-order valence-electron chi connectivity index (χ2n) is 9.82. The number of hydrogen-bond donors (Lipinski definition) is 3. The number of amides is 2. The third-order valence-corrected chi connectivity index (χ3v) is 5.98. The first-order valence-electron chi connectivity index (χ1n) is 11.8. The van der Waals surface area contributed by atoms with Crippen LogP contribution in [0.1, 0.15) is 48.2 Å². The van der Waals surface area contributed by atoms with Gasteiger partial charge >= 0.3 is 0 Å². The molecule has 0 spiro atoms. The number of carbonyl (C=O) groups excluding carboxylic acids is 2. The molecule has 0 saturated carbocycles. The maximum atomic E-state index is 14.6. The van der Waals surface area contributed by atoms with Gasteiger partial charge in [-0.05, 0) is 24.3 Å². The van der Waals surface area contributed by atoms with Crippen LogP contribution in [-0.4, -0.2) is 44.1 Å². The molecule has 0 bridgehead atoms. The van der Waals surface area contributed by atoms with Crippen LogP contribution in [0.2, 0.25) is 0 Å². The third-order valence-electron chi connectivity index (χ3n) is 5.98. The number of rotatable bonds is 5. The molecule has 190 valence electrons. The van der Waals surface area contributed by atoms with Crippen LogP contribution in [0.5, 0.6) is 0 Å². The molecule has 5 rings (SSSR count). The number of carbonyl (C=O) groups is 2. The summed E-state index contributed by atoms with van der Waals surface area (Å²) in [6.07, 6.45) is 4.49. The minimum atomic E-state index is -0.794. The zero-order chi connectivity index (χ0) is 26.2. The van der Waals surface area contributed by atoms with Crippen LogP contribution in [0.3, 0.4) is 0 Å². The number of fused-ring (bicyclic) bond motifs is 1. The summed E-state index contributed by atoms with van der Waals surface area (Å²) < 4.78 is 16.4. The summed E-state index contributed by atoms with van der Waals surface area (Å²) in [6, 6.07) is 5.23. The summed E-state index contributed by atoms with van der Waals surface area (Å²) in [4.78, 5) is 33.5. The number of anilines is 2. The fourth-order valence-electron chi connectivity index (χ4n) is 3.91. The van der Waals surface area contributed by atoms with Crippen LogP contribution in [0.25, 0.3) is 5.70 Å². The number of aromatic nitrogens is 4. The highest BCUT2D eigenvalue weighted by Gasteiger charge is 2.24. The maximum absolute atomic E-state index is 14.6. The zero-order valence-corrected chi connectivity index (χ0v) is 20.6. The highest BCUT2D eigenvalue weighted by atomic mass is 19.1. The van der Waals surface area contributed by atoms with Gasteiger partial charge in [0.2, 0.25) is 0 Å². The van der Waals surface area contributed by atoms with Crippen molar-refractivity contribution in [3.05, 3.63) is 71.2 Å². The topological polar surface area (TPSA) is 139 Å². The second kappa shape index (κ2) is 9.62. The molecule has 12 heteroatoms. The molecule has 3 N–H and O–H groups in total. The molecule has 0 fully saturated rings. The molecule has 37 heavy (non-hydrogen) atoms. The monoisotopic (exact) mass is 503 g/mol. The Morgan fingerprint density at radius 1 is 1.16 bits per heavy atom. The zero-order valence-electron chi connectivity index (χ0n) is 20.6. The number of benzene rings is 1. The van der Waals surface area contributed by atoms with Crippen molar-refractivity contribution in [2.45, 2.75) is 45.3 Å². The van der Waals surface area contributed by atoms with Gasteiger partial charge in [-0.1, -0.05) is 20.8 Å². The lowest BCUT2D eigenvalue weighted by molar-refractivity contribution is -0.118. The van der Waals surface area contributed by atoms with E-state index in [1.165, 1.54) is 30.6 Å². The van der Waals surface area contributed by atoms with E-state index in [-0.39, 0.29) is 16.8 Å². The molecule has 4 heterocycles. The Kier molecular flexibility index (Phi) is 6.34. The molecular formula is C25H26FN9O2. The molecule has 0 aliphatic carbocycles. The van der Waals surface area contributed by atoms with E-state index < -0.39 is 23.7 Å². The van der Waals surface area contributed by atoms with E-state index in [0.29, 0.717) is 23.6 Å². The number of halogens is 1. The molecule has 1 atom stereocenters. The Morgan fingerprint density at radius 2 is 2.00 bits per heavy atom. The lowest BCUT2D eigenvalue weighted by atomic mass is 9.93. The van der Waals surface area contributed by atoms with E-state index >= 15 is 0 Å². The smallest absolute Gasteiger partial charge is 0.290 e. The van der Waals surface area contributed by atoms with Gasteiger partial charge < -0.3 is 16.0 Å². The van der Waals surface area contributed by atoms with Crippen LogP contribution in [-0.2, 0) is 23.3 Å². The van der Waals surface area contributed by atoms with Crippen LogP contribution in [0.15, 0.2) is 53.0 Å². The Labute approximate surface area is 212 Å². The molecule has 3 aromatic rings. The van der Waals surface area contributed by atoms with Crippen LogP contribution >= 0.6 is 0 Å². The Morgan fingerprint density at radius 3 is 2.73 bits per heavy atom. The molecule has 2 amide bonds. The normalized spacial score (nSPS) is 17.2. The maximum Gasteiger partial charge on any atom is 0.290 e. The number of hydrogen-bond acceptors (Lipinski definition) is 8. The number of nitrogens with zero attached hydrogens (tertiary/aromatic N) is 6. The number of nitrogens with one attached hydrogen (secondary N) is 3. The first-order chi connectivity index (χ1) is 17.7. The first kappa shape index (κ1) is 24.4. The molecule has 0 saturated heterocycles. The van der Waals surface area contributed by atoms with E-state index in [9.17, 15) is 14.0 Å². The SMILES string of the molecule is CC(C)(C)c1cnc(C(=O)Nc2cc(C3=CC(Nc4cc5n(n4)CCNC5)C(=O)N=N3)ccc2F)cn1. The summed E-state index contributed by atoms with van der Waals surface area (Å²) in [5.74, 6) is -1.15. The fraction of sp³-hybridized carbons (Fsp3) is 0.320. The predicted octanol–water partition coefficient (Wildman–Crippen LogP) is 3.28. The Bertz CT molecular complexity index is 1400. The fourth-order valence-corrected chi connectivity index (χ4v) is 3.91. The summed E-state index contributed by atoms with van der Waals surface area (Å²) in [6.45, 7) is 8.23. The average Bonchev–Trinajstić information content (AvgIpc) is 3.29. The van der Waals surface area contributed by atoms with Crippen LogP contribution in [0, 0.1) is 5.82 Å². The quantitative estimate of drug-likeness (QED) is 0.486. The lowest BCUT2D eigenvalue weighted by Gasteiger charge is -2.17. The second-order valence-corrected chi connectivity index (χ2v) is 9.82. The molecule has 2 aliphatic heterocycles. The van der Waals surface area contributed by atoms with Crippen molar-refractivity contribution in [3.8, 4) is 0 Å². The largest absolute Gasteiger partial charge is 0.354 e. The van der Waals surface area contributed by atoms with Gasteiger partial charge in [-0.3, -0.25) is 19.3 Å². The van der Waals surface area contributed by atoms with Gasteiger partial charge in [-0.2, -0.15) is 5.10 Å². The van der Waals surface area contributed by atoms with Crippen molar-refractivity contribution < 1.29 is 14.0 Å². The molecular weight excluding hydrogens is 477 g/mol. The number of azo groups is 1. The summed E-state index contributed by atoms with van der Waals surface area (Å²) in [5.41, 5.74) is 2.36. The van der Waals surface area contributed by atoms with Crippen molar-refractivity contribution in [1.82, 2.24) is 25.1 Å². The molecule has 0 radical (unpaired) electrons. The van der Waals surface area contributed by atoms with E-state index in [1.807, 2.05) is 31.5 Å². The van der Waals surface area contributed by atoms with E-state index in [0.717, 1.165) is 24.5 Å². The third kappa shape index (κ3) is 5.28. The Hall–Kier alpha value is -4.32. The van der Waals surface area contributed by atoms with Gasteiger partial charge in [-0.15, -0.1) is 10.2 Å². The summed E-state index contributed by atoms with van der Waals surface area (Å²) in [7, 11) is 0. The van der Waals surface area contributed by atoms with Gasteiger partial charge in [0.25, 0.3) is 11.8 Å². The van der Waals surface area contributed by atoms with E-state index in [1.54, 1.807) is 6.08 Å². The molecule has 11 nitrogen and oxygen atoms in total. The first-order valence-corrected chi connectivity index (χ1v) is 11.8. The highest BCUT2D eigenvalue weighted by molar-refractivity contribution is 6.03. The van der Waals surface area contributed by atoms with Gasteiger partial charge in [0.1, 0.15) is 23.4 Å². The van der Waals surface area contributed by atoms with Crippen LogP contribution in [0.4, 0.5) is 15.9 Å². The lowest BCUT2D eigenvalue weighted by Crippen LogP contribution is -2.29. The van der Waals surface area contributed by atoms with Crippen molar-refractivity contribution in [1.29, 1.82) is 0 Å². The highest BCUT2D eigenvalue weighted by Crippen LogP contribution is 2.27. The Balaban J connectivity index is 1.34. The predicted molar refractivity (Wildman–Crippen MR) is 134 cm³/mol. The minimum Gasteiger partial charge on any atom is -0.354 e. The van der Waals surface area contributed by atoms with Gasteiger partial charge in [0.05, 0.1) is 35.5 Å². The minimum absolute atomic E-state index is 0.0576. The molecule has 1 unspecified atom stereocenters. The average molecular weight is 504 g/mol. The van der Waals surface area contributed by atoms with E-state index in [2.05, 4.69) is 41.2 Å². The summed E-state index contributed by atoms with van der Waals surface area (Å²) >= 11 is 0. The van der Waals surface area contributed by atoms with Gasteiger partial charge in [0, 0.05) is 36.3 Å². The van der Waals surface area contributed by atoms with Crippen molar-refractivity contribution in [2.24, 2.45) is 10.2 Å². The summed E-state index contributed by atoms with van der Waals surface area (Å²) in [5, 5.41) is 21.1. The van der Waals surface area contributed by atoms with Crippen molar-refractivity contribution in [3.63, 3.8) is 0 Å². The van der Waals surface area contributed by atoms with Gasteiger partial charge in [0.15, 0.2) is 0 Å². The molecule has 1 aromatic carbocycles. The molecule has 2 aromatic heterocycles. The van der Waals surface area contributed by atoms with Crippen molar-refractivity contribution in [2.75, 3.05) is 17.2 Å². The standard InChI is InChI=1S/C25H26FN9O2/c1-25(2,3)21-13-28-20(12-29-21)23(36)31-18-8-14(4-5-16(18)26)17-10-19(24(37)33-32-17)30-22-9-15-11-27-6-7-35(15)34-22/h4-5,8-10,12-13,19,27H,6-7,11H2,1-3H3,(H,30,34)(H,31,36). The molecule has 2 aliphatic rings. The van der Waals surface area contributed by atoms with Crippen LogP contribution < -0.4 is 16.0 Å².